The van der Waals surface area contributed by atoms with Gasteiger partial charge in [0.15, 0.2) is 18.9 Å². The van der Waals surface area contributed by atoms with E-state index in [1.807, 2.05) is 6.08 Å². The third kappa shape index (κ3) is 19.4. The average molecular weight is 954 g/mol. The molecular formula is C47H87NO18. The van der Waals surface area contributed by atoms with Gasteiger partial charge in [-0.2, -0.15) is 0 Å². The zero-order chi connectivity index (χ0) is 48.4. The fourth-order valence-electron chi connectivity index (χ4n) is 8.62. The smallest absolute Gasteiger partial charge is 0.220 e. The van der Waals surface area contributed by atoms with Gasteiger partial charge in [0.25, 0.3) is 0 Å². The molecule has 1 amide bonds. The lowest BCUT2D eigenvalue weighted by Crippen LogP contribution is -2.66. The van der Waals surface area contributed by atoms with Crippen LogP contribution in [0.25, 0.3) is 0 Å². The van der Waals surface area contributed by atoms with Crippen LogP contribution in [0.3, 0.4) is 0 Å². The van der Waals surface area contributed by atoms with Crippen LogP contribution in [-0.4, -0.2) is 193 Å². The van der Waals surface area contributed by atoms with Crippen molar-refractivity contribution in [2.45, 2.75) is 253 Å². The molecule has 0 aromatic heterocycles. The lowest BCUT2D eigenvalue weighted by Gasteiger charge is -2.48. The Morgan fingerprint density at radius 3 is 1.36 bits per heavy atom. The van der Waals surface area contributed by atoms with E-state index in [-0.39, 0.29) is 18.9 Å². The average Bonchev–Trinajstić information content (AvgIpc) is 3.32. The van der Waals surface area contributed by atoms with Gasteiger partial charge in [-0.3, -0.25) is 4.79 Å². The molecule has 3 rings (SSSR count). The maximum Gasteiger partial charge on any atom is 0.220 e. The van der Waals surface area contributed by atoms with E-state index in [2.05, 4.69) is 12.2 Å². The van der Waals surface area contributed by atoms with Crippen molar-refractivity contribution in [3.05, 3.63) is 12.2 Å². The summed E-state index contributed by atoms with van der Waals surface area (Å²) in [5, 5.41) is 118. The van der Waals surface area contributed by atoms with Crippen LogP contribution in [0.5, 0.6) is 0 Å². The van der Waals surface area contributed by atoms with Crippen LogP contribution in [0.4, 0.5) is 0 Å². The van der Waals surface area contributed by atoms with E-state index in [0.717, 1.165) is 25.7 Å². The van der Waals surface area contributed by atoms with Crippen LogP contribution in [0.1, 0.15) is 149 Å². The van der Waals surface area contributed by atoms with Crippen molar-refractivity contribution < 1.29 is 89.4 Å². The van der Waals surface area contributed by atoms with Crippen molar-refractivity contribution >= 4 is 5.91 Å². The van der Waals surface area contributed by atoms with Crippen LogP contribution in [0, 0.1) is 0 Å². The Kier molecular flexibility index (Phi) is 29.6. The maximum atomic E-state index is 12.4. The third-order valence-corrected chi connectivity index (χ3v) is 12.9. The largest absolute Gasteiger partial charge is 0.394 e. The summed E-state index contributed by atoms with van der Waals surface area (Å²) in [5.41, 5.74) is 0. The minimum atomic E-state index is -1.97. The second kappa shape index (κ2) is 33.2. The zero-order valence-electron chi connectivity index (χ0n) is 39.4. The minimum Gasteiger partial charge on any atom is -0.394 e. The first-order valence-electron chi connectivity index (χ1n) is 24.9. The molecule has 17 unspecified atom stereocenters. The molecule has 0 bridgehead atoms. The number of nitrogens with one attached hydrogen (secondary N) is 1. The minimum absolute atomic E-state index is 0.126. The van der Waals surface area contributed by atoms with Crippen molar-refractivity contribution in [2.24, 2.45) is 0 Å². The van der Waals surface area contributed by atoms with Gasteiger partial charge in [-0.25, -0.2) is 0 Å². The number of aliphatic hydroxyl groups is 11. The molecule has 0 aliphatic carbocycles. The number of ether oxygens (including phenoxy) is 6. The number of allylic oxidation sites excluding steroid dienone is 1. The molecule has 388 valence electrons. The molecule has 3 saturated heterocycles. The molecule has 3 aliphatic heterocycles. The highest BCUT2D eigenvalue weighted by molar-refractivity contribution is 5.75. The number of carbonyl (C=O) groups is 1. The Balaban J connectivity index is 1.39. The number of amides is 1. The van der Waals surface area contributed by atoms with Crippen LogP contribution in [-0.2, 0) is 33.2 Å². The van der Waals surface area contributed by atoms with Gasteiger partial charge in [-0.15, -0.1) is 0 Å². The summed E-state index contributed by atoms with van der Waals surface area (Å²) < 4.78 is 33.7. The molecule has 17 atom stereocenters. The van der Waals surface area contributed by atoms with Crippen LogP contribution in [0.15, 0.2) is 12.2 Å². The first-order chi connectivity index (χ1) is 31.8. The summed E-state index contributed by atoms with van der Waals surface area (Å²) in [4.78, 5) is 12.4. The number of hydrogen-bond donors (Lipinski definition) is 12. The summed E-state index contributed by atoms with van der Waals surface area (Å²) in [6.07, 6.45) is 2.20. The first kappa shape index (κ1) is 58.8. The van der Waals surface area contributed by atoms with Crippen molar-refractivity contribution in [1.82, 2.24) is 5.32 Å². The molecule has 0 saturated carbocycles. The molecule has 19 nitrogen and oxygen atoms in total. The van der Waals surface area contributed by atoms with Crippen molar-refractivity contribution in [3.63, 3.8) is 0 Å². The van der Waals surface area contributed by atoms with E-state index in [9.17, 15) is 61.0 Å². The molecule has 66 heavy (non-hydrogen) atoms. The lowest BCUT2D eigenvalue weighted by atomic mass is 9.96. The van der Waals surface area contributed by atoms with Gasteiger partial charge < -0.3 is 89.9 Å². The summed E-state index contributed by atoms with van der Waals surface area (Å²) in [7, 11) is 0. The second-order valence-corrected chi connectivity index (χ2v) is 18.2. The molecule has 3 heterocycles. The number of carbonyl (C=O) groups excluding carboxylic acids is 1. The van der Waals surface area contributed by atoms with Gasteiger partial charge in [0.2, 0.25) is 5.91 Å². The SMILES string of the molecule is CCCCCCCCCCCCCCCCCCCCC/C=C/C(O)C(COC1OC(CO)C(OC2OC(CO)C(OC3OC(CO)C(O)C(O)C3O)C(O)C2O)C(O)C1O)NC(=O)CC. The van der Waals surface area contributed by atoms with E-state index in [1.165, 1.54) is 103 Å². The second-order valence-electron chi connectivity index (χ2n) is 18.2. The molecular weight excluding hydrogens is 867 g/mol. The number of aliphatic hydroxyl groups excluding tert-OH is 11. The van der Waals surface area contributed by atoms with Crippen molar-refractivity contribution in [1.29, 1.82) is 0 Å². The van der Waals surface area contributed by atoms with Crippen LogP contribution in [0.2, 0.25) is 0 Å². The van der Waals surface area contributed by atoms with Crippen molar-refractivity contribution in [3.8, 4) is 0 Å². The van der Waals surface area contributed by atoms with E-state index >= 15 is 0 Å². The molecule has 3 fully saturated rings. The lowest BCUT2D eigenvalue weighted by molar-refractivity contribution is -0.379. The number of unbranched alkanes of at least 4 members (excludes halogenated alkanes) is 19. The highest BCUT2D eigenvalue weighted by atomic mass is 16.8. The predicted octanol–water partition coefficient (Wildman–Crippen LogP) is 1.09. The van der Waals surface area contributed by atoms with E-state index in [1.54, 1.807) is 13.0 Å². The Labute approximate surface area is 391 Å². The highest BCUT2D eigenvalue weighted by Crippen LogP contribution is 2.33. The van der Waals surface area contributed by atoms with Crippen LogP contribution >= 0.6 is 0 Å². The van der Waals surface area contributed by atoms with Gasteiger partial charge >= 0.3 is 0 Å². The molecule has 19 heteroatoms. The van der Waals surface area contributed by atoms with Gasteiger partial charge in [-0.1, -0.05) is 142 Å². The molecule has 0 spiro atoms. The Hall–Kier alpha value is -1.47. The Morgan fingerprint density at radius 1 is 0.530 bits per heavy atom. The van der Waals surface area contributed by atoms with E-state index in [0.29, 0.717) is 0 Å². The first-order valence-corrected chi connectivity index (χ1v) is 24.9. The van der Waals surface area contributed by atoms with Gasteiger partial charge in [-0.05, 0) is 12.8 Å². The third-order valence-electron chi connectivity index (χ3n) is 12.9. The fourth-order valence-corrected chi connectivity index (χ4v) is 8.62. The summed E-state index contributed by atoms with van der Waals surface area (Å²) in [6, 6.07) is -0.964. The summed E-state index contributed by atoms with van der Waals surface area (Å²) >= 11 is 0. The molecule has 0 aromatic rings. The molecule has 0 aromatic carbocycles. The summed E-state index contributed by atoms with van der Waals surface area (Å²) in [5.74, 6) is -0.364. The van der Waals surface area contributed by atoms with E-state index in [4.69, 9.17) is 28.4 Å². The highest BCUT2D eigenvalue weighted by Gasteiger charge is 2.53. The Morgan fingerprint density at radius 2 is 0.924 bits per heavy atom. The van der Waals surface area contributed by atoms with Gasteiger partial charge in [0.05, 0.1) is 38.6 Å². The normalized spacial score (nSPS) is 33.9. The molecule has 12 N–H and O–H groups in total. The van der Waals surface area contributed by atoms with Gasteiger partial charge in [0.1, 0.15) is 73.2 Å². The number of hydrogen-bond acceptors (Lipinski definition) is 18. The quantitative estimate of drug-likeness (QED) is 0.0317. The predicted molar refractivity (Wildman–Crippen MR) is 240 cm³/mol. The topological polar surface area (TPSA) is 307 Å². The molecule has 3 aliphatic rings. The maximum absolute atomic E-state index is 12.4. The number of rotatable bonds is 34. The van der Waals surface area contributed by atoms with Crippen LogP contribution < -0.4 is 5.32 Å². The standard InChI is InChI=1S/C47H87NO18/c1-3-5-6-7-8-9-10-11-12-13-14-15-16-17-18-19-20-21-22-23-24-25-31(52)30(48-35(53)4-2)29-61-45-41(59)38(56)43(33(27-50)63-45)66-47-42(60)39(57)44(34(28-51)64-47)65-46-40(58)37(55)36(54)32(26-49)62-46/h24-25,30-34,36-47,49-52,54-60H,3-23,26-29H2,1-2H3,(H,48,53)/b25-24+. The molecule has 0 radical (unpaired) electrons. The zero-order valence-corrected chi connectivity index (χ0v) is 39.4. The van der Waals surface area contributed by atoms with Crippen molar-refractivity contribution in [2.75, 3.05) is 26.4 Å². The monoisotopic (exact) mass is 954 g/mol. The Bertz CT molecular complexity index is 1280. The van der Waals surface area contributed by atoms with E-state index < -0.39 is 124 Å². The van der Waals surface area contributed by atoms with Gasteiger partial charge in [0, 0.05) is 6.42 Å². The summed E-state index contributed by atoms with van der Waals surface area (Å²) in [6.45, 7) is 1.13. The fraction of sp³-hybridized carbons (Fsp3) is 0.936.